The van der Waals surface area contributed by atoms with E-state index in [2.05, 4.69) is 23.7 Å². The summed E-state index contributed by atoms with van der Waals surface area (Å²) in [5, 5.41) is 4.31. The molecule has 2 fully saturated rings. The van der Waals surface area contributed by atoms with Gasteiger partial charge in [0, 0.05) is 36.8 Å². The number of thioether (sulfide) groups is 1. The minimum atomic E-state index is 0.801. The molecule has 1 saturated heterocycles. The maximum Gasteiger partial charge on any atom is 0.0476 e. The average Bonchev–Trinajstić information content (AvgIpc) is 3.09. The predicted octanol–water partition coefficient (Wildman–Crippen LogP) is 2.21. The highest BCUT2D eigenvalue weighted by Crippen LogP contribution is 2.24. The fraction of sp³-hybridized carbons (Fsp3) is 0.833. The smallest absolute Gasteiger partial charge is 0.0476 e. The Hall–Kier alpha value is 0.01000. The molecule has 1 aliphatic heterocycles. The molecule has 0 aromatic carbocycles. The van der Waals surface area contributed by atoms with Crippen LogP contribution in [0.1, 0.15) is 25.7 Å². The molecule has 0 aromatic heterocycles. The van der Waals surface area contributed by atoms with E-state index in [1.165, 1.54) is 31.3 Å². The van der Waals surface area contributed by atoms with Gasteiger partial charge in [-0.05, 0) is 25.7 Å². The number of ether oxygens (including phenoxy) is 1. The molecule has 1 N–H and O–H groups in total. The molecule has 0 unspecified atom stereocenters. The van der Waals surface area contributed by atoms with Crippen LogP contribution in [0, 0.1) is 0 Å². The summed E-state index contributed by atoms with van der Waals surface area (Å²) < 4.78 is 5.35. The van der Waals surface area contributed by atoms with Gasteiger partial charge in [-0.1, -0.05) is 12.2 Å². The molecule has 0 aromatic rings. The van der Waals surface area contributed by atoms with Crippen molar-refractivity contribution in [3.05, 3.63) is 12.2 Å². The third-order valence-electron chi connectivity index (χ3n) is 2.91. The van der Waals surface area contributed by atoms with Crippen molar-refractivity contribution in [3.63, 3.8) is 0 Å². The Morgan fingerprint density at radius 3 is 2.67 bits per heavy atom. The number of hydrogen-bond donors (Lipinski definition) is 1. The third kappa shape index (κ3) is 4.58. The summed E-state index contributed by atoms with van der Waals surface area (Å²) in [6.07, 6.45) is 5.16. The van der Waals surface area contributed by atoms with Crippen molar-refractivity contribution in [1.29, 1.82) is 0 Å². The second-order valence-electron chi connectivity index (χ2n) is 4.53. The molecular weight excluding hydrogens is 206 g/mol. The summed E-state index contributed by atoms with van der Waals surface area (Å²) in [6, 6.07) is 0.801. The molecule has 2 aliphatic rings. The Labute approximate surface area is 96.8 Å². The largest absolute Gasteiger partial charge is 0.381 e. The molecule has 1 heterocycles. The Morgan fingerprint density at radius 2 is 2.00 bits per heavy atom. The molecule has 0 radical (unpaired) electrons. The van der Waals surface area contributed by atoms with Crippen LogP contribution in [0.2, 0.25) is 0 Å². The van der Waals surface area contributed by atoms with Gasteiger partial charge in [-0.2, -0.15) is 11.8 Å². The fourth-order valence-corrected chi connectivity index (χ4v) is 2.80. The van der Waals surface area contributed by atoms with Crippen LogP contribution in [0.25, 0.3) is 0 Å². The van der Waals surface area contributed by atoms with Gasteiger partial charge in [0.1, 0.15) is 0 Å². The summed E-state index contributed by atoms with van der Waals surface area (Å²) in [5.41, 5.74) is 1.35. The van der Waals surface area contributed by atoms with Crippen LogP contribution in [0.5, 0.6) is 0 Å². The Balaban J connectivity index is 1.53. The highest BCUT2D eigenvalue weighted by atomic mass is 32.2. The minimum Gasteiger partial charge on any atom is -0.381 e. The first kappa shape index (κ1) is 11.5. The lowest BCUT2D eigenvalue weighted by Crippen LogP contribution is -2.21. The number of nitrogens with one attached hydrogen (secondary N) is 1. The van der Waals surface area contributed by atoms with Gasteiger partial charge in [0.2, 0.25) is 0 Å². The molecule has 0 amide bonds. The molecule has 86 valence electrons. The second-order valence-corrected chi connectivity index (χ2v) is 5.82. The standard InChI is InChI=1S/C12H21NOS/c1-10(8-13-11-2-3-11)9-15-12-4-6-14-7-5-12/h11-13H,1-9H2. The normalized spacial score (nSPS) is 22.9. The van der Waals surface area contributed by atoms with E-state index < -0.39 is 0 Å². The zero-order valence-electron chi connectivity index (χ0n) is 9.34. The van der Waals surface area contributed by atoms with Crippen LogP contribution in [-0.2, 0) is 4.74 Å². The Morgan fingerprint density at radius 1 is 1.27 bits per heavy atom. The Bertz CT molecular complexity index is 210. The van der Waals surface area contributed by atoms with Crippen molar-refractivity contribution in [2.24, 2.45) is 0 Å². The van der Waals surface area contributed by atoms with Gasteiger partial charge in [-0.25, -0.2) is 0 Å². The highest BCUT2D eigenvalue weighted by molar-refractivity contribution is 8.00. The maximum atomic E-state index is 5.35. The van der Waals surface area contributed by atoms with Crippen LogP contribution in [0.15, 0.2) is 12.2 Å². The van der Waals surface area contributed by atoms with E-state index in [0.717, 1.165) is 36.8 Å². The quantitative estimate of drug-likeness (QED) is 0.703. The predicted molar refractivity (Wildman–Crippen MR) is 66.5 cm³/mol. The van der Waals surface area contributed by atoms with Gasteiger partial charge in [-0.15, -0.1) is 0 Å². The van der Waals surface area contributed by atoms with Crippen molar-refractivity contribution in [2.75, 3.05) is 25.5 Å². The Kier molecular flexibility index (Phi) is 4.54. The van der Waals surface area contributed by atoms with Crippen molar-refractivity contribution in [3.8, 4) is 0 Å². The summed E-state index contributed by atoms with van der Waals surface area (Å²) in [6.45, 7) is 7.04. The van der Waals surface area contributed by atoms with Crippen molar-refractivity contribution in [2.45, 2.75) is 37.0 Å². The summed E-state index contributed by atoms with van der Waals surface area (Å²) in [4.78, 5) is 0. The molecule has 0 spiro atoms. The lowest BCUT2D eigenvalue weighted by atomic mass is 10.2. The van der Waals surface area contributed by atoms with Crippen molar-refractivity contribution in [1.82, 2.24) is 5.32 Å². The summed E-state index contributed by atoms with van der Waals surface area (Å²) in [5.74, 6) is 1.12. The zero-order valence-corrected chi connectivity index (χ0v) is 10.2. The van der Waals surface area contributed by atoms with E-state index in [1.807, 2.05) is 0 Å². The molecule has 2 rings (SSSR count). The van der Waals surface area contributed by atoms with Gasteiger partial charge < -0.3 is 10.1 Å². The molecule has 0 bridgehead atoms. The van der Waals surface area contributed by atoms with Crippen LogP contribution >= 0.6 is 11.8 Å². The maximum absolute atomic E-state index is 5.35. The molecule has 2 nitrogen and oxygen atoms in total. The van der Waals surface area contributed by atoms with Crippen LogP contribution < -0.4 is 5.32 Å². The van der Waals surface area contributed by atoms with Gasteiger partial charge in [0.05, 0.1) is 0 Å². The molecule has 0 atom stereocenters. The third-order valence-corrected chi connectivity index (χ3v) is 4.43. The topological polar surface area (TPSA) is 21.3 Å². The summed E-state index contributed by atoms with van der Waals surface area (Å²) in [7, 11) is 0. The van der Waals surface area contributed by atoms with E-state index in [1.54, 1.807) is 0 Å². The van der Waals surface area contributed by atoms with Gasteiger partial charge in [0.15, 0.2) is 0 Å². The van der Waals surface area contributed by atoms with Gasteiger partial charge in [-0.3, -0.25) is 0 Å². The molecule has 1 saturated carbocycles. The lowest BCUT2D eigenvalue weighted by molar-refractivity contribution is 0.100. The van der Waals surface area contributed by atoms with E-state index >= 15 is 0 Å². The van der Waals surface area contributed by atoms with E-state index in [-0.39, 0.29) is 0 Å². The first-order valence-electron chi connectivity index (χ1n) is 5.94. The summed E-state index contributed by atoms with van der Waals surface area (Å²) >= 11 is 2.06. The van der Waals surface area contributed by atoms with Gasteiger partial charge >= 0.3 is 0 Å². The minimum absolute atomic E-state index is 0.801. The monoisotopic (exact) mass is 227 g/mol. The first-order chi connectivity index (χ1) is 7.34. The first-order valence-corrected chi connectivity index (χ1v) is 6.99. The van der Waals surface area contributed by atoms with Crippen LogP contribution in [0.3, 0.4) is 0 Å². The van der Waals surface area contributed by atoms with Crippen LogP contribution in [0.4, 0.5) is 0 Å². The van der Waals surface area contributed by atoms with Crippen LogP contribution in [-0.4, -0.2) is 36.8 Å². The lowest BCUT2D eigenvalue weighted by Gasteiger charge is -2.21. The van der Waals surface area contributed by atoms with Gasteiger partial charge in [0.25, 0.3) is 0 Å². The highest BCUT2D eigenvalue weighted by Gasteiger charge is 2.20. The number of hydrogen-bond acceptors (Lipinski definition) is 3. The average molecular weight is 227 g/mol. The number of rotatable bonds is 6. The van der Waals surface area contributed by atoms with Crippen molar-refractivity contribution >= 4 is 11.8 Å². The zero-order chi connectivity index (χ0) is 10.5. The molecule has 3 heteroatoms. The molecule has 1 aliphatic carbocycles. The van der Waals surface area contributed by atoms with E-state index in [9.17, 15) is 0 Å². The SMILES string of the molecule is C=C(CNC1CC1)CSC1CCOCC1. The van der Waals surface area contributed by atoms with E-state index in [4.69, 9.17) is 4.74 Å². The van der Waals surface area contributed by atoms with E-state index in [0.29, 0.717) is 0 Å². The molecule has 15 heavy (non-hydrogen) atoms. The second kappa shape index (κ2) is 5.92. The fourth-order valence-electron chi connectivity index (χ4n) is 1.71. The van der Waals surface area contributed by atoms with Crippen molar-refractivity contribution < 1.29 is 4.74 Å². The molecular formula is C12H21NOS.